The lowest BCUT2D eigenvalue weighted by molar-refractivity contribution is -0.0425. The third-order valence-electron chi connectivity index (χ3n) is 4.29. The largest absolute Gasteiger partial charge is 0.469 e. The molecule has 0 aromatic carbocycles. The van der Waals surface area contributed by atoms with E-state index in [1.54, 1.807) is 0 Å². The van der Waals surface area contributed by atoms with Crippen LogP contribution in [-0.4, -0.2) is 59.3 Å². The zero-order valence-electron chi connectivity index (χ0n) is 13.5. The Balaban J connectivity index is 1.64. The molecule has 2 aromatic rings. The highest BCUT2D eigenvalue weighted by atomic mass is 31.2. The second kappa shape index (κ2) is 6.41. The Bertz CT molecular complexity index is 919. The maximum Gasteiger partial charge on any atom is 0.469 e. The van der Waals surface area contributed by atoms with Gasteiger partial charge in [0.2, 0.25) is 5.95 Å². The molecule has 1 aliphatic carbocycles. The number of fused-ring (bicyclic) bond motifs is 1. The quantitative estimate of drug-likeness (QED) is 0.405. The van der Waals surface area contributed by atoms with Gasteiger partial charge in [-0.15, -0.1) is 0 Å². The molecule has 26 heavy (non-hydrogen) atoms. The number of imidazole rings is 1. The first-order valence-electron chi connectivity index (χ1n) is 8.07. The maximum atomic E-state index is 12.2. The lowest BCUT2D eigenvalue weighted by Crippen LogP contribution is -2.26. The molecular weight excluding hydrogens is 369 g/mol. The van der Waals surface area contributed by atoms with Crippen LogP contribution in [0.5, 0.6) is 0 Å². The van der Waals surface area contributed by atoms with Crippen molar-refractivity contribution in [3.63, 3.8) is 0 Å². The molecule has 1 saturated carbocycles. The molecule has 3 heterocycles. The fourth-order valence-electron chi connectivity index (χ4n) is 2.95. The van der Waals surface area contributed by atoms with Crippen LogP contribution in [0.2, 0.25) is 0 Å². The van der Waals surface area contributed by atoms with E-state index >= 15 is 0 Å². The van der Waals surface area contributed by atoms with E-state index in [1.165, 1.54) is 10.9 Å². The molecule has 0 bridgehead atoms. The summed E-state index contributed by atoms with van der Waals surface area (Å²) in [5.74, 6) is 0.325. The summed E-state index contributed by atoms with van der Waals surface area (Å²) in [4.78, 5) is 41.2. The molecule has 1 saturated heterocycles. The summed E-state index contributed by atoms with van der Waals surface area (Å²) in [6, 6.07) is 0.287. The fraction of sp³-hybridized carbons (Fsp3) is 0.615. The molecule has 0 unspecified atom stereocenters. The topological polar surface area (TPSA) is 172 Å². The van der Waals surface area contributed by atoms with Crippen molar-refractivity contribution in [2.75, 3.05) is 11.9 Å². The molecule has 1 aliphatic heterocycles. The van der Waals surface area contributed by atoms with E-state index < -0.39 is 38.4 Å². The number of aromatic amines is 1. The van der Waals surface area contributed by atoms with Crippen LogP contribution in [0.4, 0.5) is 5.95 Å². The molecule has 13 heteroatoms. The Kier molecular flexibility index (Phi) is 4.34. The second-order valence-corrected chi connectivity index (χ2v) is 7.53. The van der Waals surface area contributed by atoms with Gasteiger partial charge in [0.25, 0.3) is 5.56 Å². The lowest BCUT2D eigenvalue weighted by Gasteiger charge is -2.16. The number of nitrogens with one attached hydrogen (secondary N) is 2. The number of phosphoric acid groups is 1. The van der Waals surface area contributed by atoms with Gasteiger partial charge in [0.1, 0.15) is 18.4 Å². The van der Waals surface area contributed by atoms with E-state index in [2.05, 4.69) is 20.3 Å². The molecule has 2 aromatic heterocycles. The van der Waals surface area contributed by atoms with Crippen molar-refractivity contribution in [2.45, 2.75) is 43.7 Å². The summed E-state index contributed by atoms with van der Waals surface area (Å²) in [5.41, 5.74) is -0.0121. The monoisotopic (exact) mass is 387 g/mol. The van der Waals surface area contributed by atoms with Gasteiger partial charge in [-0.25, -0.2) is 9.55 Å². The van der Waals surface area contributed by atoms with Crippen LogP contribution in [0.25, 0.3) is 11.2 Å². The first-order chi connectivity index (χ1) is 12.3. The Morgan fingerprint density at radius 3 is 2.88 bits per heavy atom. The van der Waals surface area contributed by atoms with Crippen LogP contribution in [0.1, 0.15) is 25.5 Å². The van der Waals surface area contributed by atoms with E-state index in [-0.39, 0.29) is 23.6 Å². The van der Waals surface area contributed by atoms with E-state index in [1.807, 2.05) is 0 Å². The molecule has 0 radical (unpaired) electrons. The van der Waals surface area contributed by atoms with Gasteiger partial charge in [0, 0.05) is 12.5 Å². The highest BCUT2D eigenvalue weighted by Crippen LogP contribution is 2.43. The van der Waals surface area contributed by atoms with Gasteiger partial charge in [-0.3, -0.25) is 18.9 Å². The normalized spacial score (nSPS) is 26.5. The maximum absolute atomic E-state index is 12.2. The molecule has 4 rings (SSSR count). The predicted molar refractivity (Wildman–Crippen MR) is 87.3 cm³/mol. The number of aliphatic hydroxyl groups excluding tert-OH is 1. The van der Waals surface area contributed by atoms with Gasteiger partial charge in [-0.2, -0.15) is 4.98 Å². The number of anilines is 1. The zero-order chi connectivity index (χ0) is 18.5. The number of nitrogens with zero attached hydrogens (tertiary/aromatic N) is 3. The first-order valence-corrected chi connectivity index (χ1v) is 9.61. The number of aromatic nitrogens is 4. The fourth-order valence-corrected chi connectivity index (χ4v) is 3.52. The van der Waals surface area contributed by atoms with E-state index in [0.717, 1.165) is 12.8 Å². The van der Waals surface area contributed by atoms with E-state index in [4.69, 9.17) is 19.0 Å². The van der Waals surface area contributed by atoms with Crippen molar-refractivity contribution < 1.29 is 28.7 Å². The average molecular weight is 387 g/mol. The van der Waals surface area contributed by atoms with Crippen molar-refractivity contribution in [2.24, 2.45) is 0 Å². The number of ether oxygens (including phenoxy) is 1. The molecule has 0 spiro atoms. The van der Waals surface area contributed by atoms with E-state index in [9.17, 15) is 14.5 Å². The standard InChI is InChI=1S/C13H18N5O7P/c19-4-8-7(25-26(21,22)23)3-9(24-8)18-5-14-10-11(18)16-13(17-12(10)20)15-6-1-2-6/h5-9,19H,1-4H2,(H2,21,22,23)(H2,15,16,17,20)/t7-,8+,9+/m0/s1. The van der Waals surface area contributed by atoms with E-state index in [0.29, 0.717) is 5.95 Å². The average Bonchev–Trinajstić information content (AvgIpc) is 3.11. The van der Waals surface area contributed by atoms with Crippen molar-refractivity contribution >= 4 is 24.9 Å². The molecule has 142 valence electrons. The Labute approximate surface area is 146 Å². The van der Waals surface area contributed by atoms with Gasteiger partial charge < -0.3 is 24.9 Å². The summed E-state index contributed by atoms with van der Waals surface area (Å²) in [7, 11) is -4.74. The minimum Gasteiger partial charge on any atom is -0.394 e. The summed E-state index contributed by atoms with van der Waals surface area (Å²) < 4.78 is 22.9. The molecular formula is C13H18N5O7P. The highest BCUT2D eigenvalue weighted by molar-refractivity contribution is 7.46. The Hall–Kier alpha value is -1.82. The van der Waals surface area contributed by atoms with Crippen LogP contribution >= 0.6 is 7.82 Å². The second-order valence-electron chi connectivity index (χ2n) is 6.34. The van der Waals surface area contributed by atoms with Crippen molar-refractivity contribution in [1.29, 1.82) is 0 Å². The number of H-pyrrole nitrogens is 1. The van der Waals surface area contributed by atoms with Crippen molar-refractivity contribution in [3.8, 4) is 0 Å². The molecule has 12 nitrogen and oxygen atoms in total. The van der Waals surface area contributed by atoms with Crippen molar-refractivity contribution in [3.05, 3.63) is 16.7 Å². The lowest BCUT2D eigenvalue weighted by atomic mass is 10.2. The Morgan fingerprint density at radius 2 is 2.23 bits per heavy atom. The number of hydrogen-bond donors (Lipinski definition) is 5. The molecule has 2 aliphatic rings. The van der Waals surface area contributed by atoms with Gasteiger partial charge in [-0.05, 0) is 12.8 Å². The zero-order valence-corrected chi connectivity index (χ0v) is 14.4. The van der Waals surface area contributed by atoms with Crippen LogP contribution in [0, 0.1) is 0 Å². The Morgan fingerprint density at radius 1 is 1.46 bits per heavy atom. The molecule has 3 atom stereocenters. The number of aliphatic hydroxyl groups is 1. The predicted octanol–water partition coefficient (Wildman–Crippen LogP) is -0.548. The summed E-state index contributed by atoms with van der Waals surface area (Å²) in [6.07, 6.45) is 0.773. The minimum absolute atomic E-state index is 0.0572. The van der Waals surface area contributed by atoms with Gasteiger partial charge in [0.05, 0.1) is 12.9 Å². The van der Waals surface area contributed by atoms with Crippen LogP contribution < -0.4 is 10.9 Å². The molecule has 5 N–H and O–H groups in total. The third-order valence-corrected chi connectivity index (χ3v) is 4.84. The van der Waals surface area contributed by atoms with Gasteiger partial charge >= 0.3 is 7.82 Å². The summed E-state index contributed by atoms with van der Waals surface area (Å²) in [5, 5.41) is 12.5. The summed E-state index contributed by atoms with van der Waals surface area (Å²) in [6.45, 7) is -0.476. The number of phosphoric ester groups is 1. The van der Waals surface area contributed by atoms with Gasteiger partial charge in [-0.1, -0.05) is 0 Å². The SMILES string of the molecule is O=c1[nH]c(NC2CC2)nc2c1ncn2[C@H]1C[C@H](OP(=O)(O)O)[C@@H](CO)O1. The van der Waals surface area contributed by atoms with Crippen LogP contribution in [0.3, 0.4) is 0 Å². The summed E-state index contributed by atoms with van der Waals surface area (Å²) >= 11 is 0. The number of hydrogen-bond acceptors (Lipinski definition) is 8. The molecule has 2 fully saturated rings. The van der Waals surface area contributed by atoms with Crippen molar-refractivity contribution in [1.82, 2.24) is 19.5 Å². The highest BCUT2D eigenvalue weighted by Gasteiger charge is 2.41. The smallest absolute Gasteiger partial charge is 0.394 e. The minimum atomic E-state index is -4.74. The van der Waals surface area contributed by atoms with Crippen LogP contribution in [0.15, 0.2) is 11.1 Å². The number of rotatable bonds is 6. The first kappa shape index (κ1) is 17.6. The molecule has 0 amide bonds. The van der Waals surface area contributed by atoms with Crippen LogP contribution in [-0.2, 0) is 13.8 Å². The third kappa shape index (κ3) is 3.52. The van der Waals surface area contributed by atoms with Gasteiger partial charge in [0.15, 0.2) is 11.2 Å².